The summed E-state index contributed by atoms with van der Waals surface area (Å²) in [5, 5.41) is 18.5. The summed E-state index contributed by atoms with van der Waals surface area (Å²) in [6.07, 6.45) is -2.00. The first-order valence-electron chi connectivity index (χ1n) is 8.54. The van der Waals surface area contributed by atoms with E-state index in [1.807, 2.05) is 0 Å². The van der Waals surface area contributed by atoms with Gasteiger partial charge in [-0.15, -0.1) is 10.2 Å². The van der Waals surface area contributed by atoms with E-state index >= 15 is 0 Å². The highest BCUT2D eigenvalue weighted by Crippen LogP contribution is 2.36. The second-order valence-electron chi connectivity index (χ2n) is 6.22. The van der Waals surface area contributed by atoms with Crippen LogP contribution in [0.4, 0.5) is 18.9 Å². The largest absolute Gasteiger partial charge is 0.418 e. The minimum absolute atomic E-state index is 0.0336. The molecule has 0 radical (unpaired) electrons. The van der Waals surface area contributed by atoms with Gasteiger partial charge in [0.2, 0.25) is 17.7 Å². The Hall–Kier alpha value is -2.95. The average Bonchev–Trinajstić information content (AvgIpc) is 3.16. The van der Waals surface area contributed by atoms with Crippen molar-refractivity contribution in [3.8, 4) is 11.5 Å². The number of carbonyl (C=O) groups excluding carboxylic acids is 1. The highest BCUT2D eigenvalue weighted by molar-refractivity contribution is 6.32. The number of aliphatic hydroxyl groups is 1. The summed E-state index contributed by atoms with van der Waals surface area (Å²) in [5.41, 5.74) is 0.207. The molecule has 12 heteroatoms. The van der Waals surface area contributed by atoms with E-state index in [-0.39, 0.29) is 22.5 Å². The van der Waals surface area contributed by atoms with E-state index in [0.29, 0.717) is 16.8 Å². The van der Waals surface area contributed by atoms with Gasteiger partial charge in [-0.1, -0.05) is 23.2 Å². The van der Waals surface area contributed by atoms with Crippen molar-refractivity contribution in [2.75, 3.05) is 5.32 Å². The zero-order valence-corrected chi connectivity index (χ0v) is 17.2. The predicted molar refractivity (Wildman–Crippen MR) is 107 cm³/mol. The molecule has 0 bridgehead atoms. The molecule has 0 aliphatic carbocycles. The highest BCUT2D eigenvalue weighted by atomic mass is 35.5. The average molecular weight is 473 g/mol. The molecule has 31 heavy (non-hydrogen) atoms. The number of hydrogen-bond acceptors (Lipinski definition) is 6. The van der Waals surface area contributed by atoms with Gasteiger partial charge < -0.3 is 14.8 Å². The molecule has 0 aliphatic heterocycles. The molecule has 0 atom stereocenters. The van der Waals surface area contributed by atoms with Crippen LogP contribution in [0.5, 0.6) is 0 Å². The summed E-state index contributed by atoms with van der Waals surface area (Å²) in [6.45, 7) is 1.18. The molecule has 1 aromatic carbocycles. The van der Waals surface area contributed by atoms with E-state index in [2.05, 4.69) is 20.5 Å². The summed E-state index contributed by atoms with van der Waals surface area (Å²) in [7, 11) is 0. The van der Waals surface area contributed by atoms with Gasteiger partial charge in [-0.2, -0.15) is 13.2 Å². The lowest BCUT2D eigenvalue weighted by molar-refractivity contribution is -0.137. The smallest absolute Gasteiger partial charge is 0.417 e. The maximum absolute atomic E-state index is 12.8. The molecule has 0 spiro atoms. The zero-order valence-electron chi connectivity index (χ0n) is 15.7. The van der Waals surface area contributed by atoms with E-state index in [0.717, 1.165) is 18.2 Å². The number of pyridine rings is 1. The number of anilines is 1. The van der Waals surface area contributed by atoms with E-state index < -0.39 is 29.3 Å². The first-order chi connectivity index (χ1) is 14.6. The van der Waals surface area contributed by atoms with Crippen LogP contribution < -0.4 is 5.32 Å². The lowest BCUT2D eigenvalue weighted by Crippen LogP contribution is -2.10. The summed E-state index contributed by atoms with van der Waals surface area (Å²) in [6, 6.07) is 4.40. The monoisotopic (exact) mass is 472 g/mol. The van der Waals surface area contributed by atoms with Crippen molar-refractivity contribution in [1.82, 2.24) is 15.2 Å². The number of alkyl halides is 3. The number of carbonyl (C=O) groups is 1. The Morgan fingerprint density at radius 2 is 1.97 bits per heavy atom. The fourth-order valence-corrected chi connectivity index (χ4v) is 3.15. The van der Waals surface area contributed by atoms with Gasteiger partial charge >= 0.3 is 6.18 Å². The zero-order chi connectivity index (χ0) is 22.8. The van der Waals surface area contributed by atoms with Crippen LogP contribution in [-0.2, 0) is 17.6 Å². The van der Waals surface area contributed by atoms with Crippen molar-refractivity contribution in [3.05, 3.63) is 63.7 Å². The minimum atomic E-state index is -4.59. The van der Waals surface area contributed by atoms with E-state index in [1.165, 1.54) is 18.3 Å². The van der Waals surface area contributed by atoms with E-state index in [1.54, 1.807) is 6.92 Å². The molecule has 0 saturated heterocycles. The fourth-order valence-electron chi connectivity index (χ4n) is 2.55. The number of allylic oxidation sites excluding steroid dienone is 1. The Balaban J connectivity index is 1.76. The maximum Gasteiger partial charge on any atom is 0.417 e. The first kappa shape index (κ1) is 22.7. The number of hydrogen-bond donors (Lipinski definition) is 2. The van der Waals surface area contributed by atoms with Crippen molar-refractivity contribution >= 4 is 40.4 Å². The normalized spacial score (nSPS) is 12.2. The molecule has 1 amide bonds. The number of aliphatic hydroxyl groups excluding tert-OH is 1. The molecule has 0 aliphatic rings. The van der Waals surface area contributed by atoms with Crippen LogP contribution >= 0.6 is 23.2 Å². The fraction of sp³-hybridized carbons (Fsp3) is 0.158. The van der Waals surface area contributed by atoms with Crippen LogP contribution in [0.15, 0.2) is 41.0 Å². The van der Waals surface area contributed by atoms with Crippen LogP contribution in [0.3, 0.4) is 0 Å². The molecule has 2 N–H and O–H groups in total. The number of halogens is 5. The van der Waals surface area contributed by atoms with Crippen molar-refractivity contribution in [3.63, 3.8) is 0 Å². The summed E-state index contributed by atoms with van der Waals surface area (Å²) >= 11 is 11.9. The molecule has 3 aromatic rings. The van der Waals surface area contributed by atoms with Crippen LogP contribution in [0.2, 0.25) is 10.0 Å². The van der Waals surface area contributed by atoms with Gasteiger partial charge in [0.15, 0.2) is 0 Å². The van der Waals surface area contributed by atoms with Crippen LogP contribution in [0.25, 0.3) is 17.0 Å². The number of benzene rings is 1. The van der Waals surface area contributed by atoms with Gasteiger partial charge in [-0.05, 0) is 36.8 Å². The molecule has 0 saturated carbocycles. The summed E-state index contributed by atoms with van der Waals surface area (Å²) < 4.78 is 43.5. The first-order valence-corrected chi connectivity index (χ1v) is 9.29. The summed E-state index contributed by atoms with van der Waals surface area (Å²) in [4.78, 5) is 16.4. The molecule has 2 aromatic heterocycles. The molecule has 162 valence electrons. The van der Waals surface area contributed by atoms with Crippen molar-refractivity contribution < 1.29 is 27.5 Å². The highest BCUT2D eigenvalue weighted by Gasteiger charge is 2.33. The lowest BCUT2D eigenvalue weighted by atomic mass is 10.1. The van der Waals surface area contributed by atoms with Gasteiger partial charge in [-0.25, -0.2) is 0 Å². The number of nitrogens with zero attached hydrogens (tertiary/aromatic N) is 3. The Morgan fingerprint density at radius 3 is 2.55 bits per heavy atom. The summed E-state index contributed by atoms with van der Waals surface area (Å²) in [5.74, 6) is -0.463. The molecule has 0 fully saturated rings. The number of amides is 1. The quantitative estimate of drug-likeness (QED) is 0.507. The molecule has 0 unspecified atom stereocenters. The van der Waals surface area contributed by atoms with Gasteiger partial charge in [0.25, 0.3) is 0 Å². The van der Waals surface area contributed by atoms with Gasteiger partial charge in [-0.3, -0.25) is 9.78 Å². The lowest BCUT2D eigenvalue weighted by Gasteiger charge is -2.11. The van der Waals surface area contributed by atoms with Crippen LogP contribution in [0, 0.1) is 0 Å². The van der Waals surface area contributed by atoms with Gasteiger partial charge in [0.1, 0.15) is 6.61 Å². The Kier molecular flexibility index (Phi) is 6.63. The second kappa shape index (κ2) is 9.04. The predicted octanol–water partition coefficient (Wildman–Crippen LogP) is 4.99. The molecule has 3 rings (SSSR count). The van der Waals surface area contributed by atoms with Crippen molar-refractivity contribution in [2.45, 2.75) is 19.7 Å². The standard InChI is InChI=1S/C19H13Cl2F3N4O3/c1-9(4-15(30)26-11-2-3-12(13(20)6-11)19(22,23)24)17-14(21)5-10(7-25-17)18-28-27-16(8-29)31-18/h2-7,29H,8H2,1H3,(H,26,30). The topological polar surface area (TPSA) is 101 Å². The molecule has 2 heterocycles. The SMILES string of the molecule is CC(=CC(=O)Nc1ccc(C(F)(F)F)c(Cl)c1)c1ncc(-c2nnc(CO)o2)cc1Cl. The van der Waals surface area contributed by atoms with Crippen molar-refractivity contribution in [2.24, 2.45) is 0 Å². The molecular weight excluding hydrogens is 460 g/mol. The maximum atomic E-state index is 12.8. The second-order valence-corrected chi connectivity index (χ2v) is 7.04. The van der Waals surface area contributed by atoms with Gasteiger partial charge in [0, 0.05) is 18.0 Å². The Labute approximate surface area is 183 Å². The van der Waals surface area contributed by atoms with Crippen LogP contribution in [-0.4, -0.2) is 26.2 Å². The number of nitrogens with one attached hydrogen (secondary N) is 1. The number of rotatable bonds is 5. The molecular formula is C19H13Cl2F3N4O3. The minimum Gasteiger partial charge on any atom is -0.418 e. The van der Waals surface area contributed by atoms with Crippen molar-refractivity contribution in [1.29, 1.82) is 0 Å². The third kappa shape index (κ3) is 5.40. The third-order valence-electron chi connectivity index (χ3n) is 3.95. The Bertz CT molecular complexity index is 1160. The van der Waals surface area contributed by atoms with Crippen LogP contribution in [0.1, 0.15) is 24.1 Å². The van der Waals surface area contributed by atoms with Gasteiger partial charge in [0.05, 0.1) is 26.9 Å². The van der Waals surface area contributed by atoms with E-state index in [4.69, 9.17) is 32.7 Å². The molecule has 7 nitrogen and oxygen atoms in total. The number of aromatic nitrogens is 3. The van der Waals surface area contributed by atoms with E-state index in [9.17, 15) is 18.0 Å². The third-order valence-corrected chi connectivity index (χ3v) is 4.55. The Morgan fingerprint density at radius 1 is 1.23 bits per heavy atom.